The van der Waals surface area contributed by atoms with Crippen LogP contribution in [0.15, 0.2) is 36.4 Å². The second kappa shape index (κ2) is 4.64. The predicted octanol–water partition coefficient (Wildman–Crippen LogP) is 6.30. The zero-order valence-corrected chi connectivity index (χ0v) is 12.8. The lowest BCUT2D eigenvalue weighted by Gasteiger charge is -2.05. The van der Waals surface area contributed by atoms with Gasteiger partial charge >= 0.3 is 0 Å². The largest absolute Gasteiger partial charge is 0.135 e. The van der Waals surface area contributed by atoms with Gasteiger partial charge in [-0.05, 0) is 23.0 Å². The first kappa shape index (κ1) is 12.7. The first-order valence-corrected chi connectivity index (χ1v) is 7.85. The van der Waals surface area contributed by atoms with Gasteiger partial charge in [0.1, 0.15) is 0 Å². The van der Waals surface area contributed by atoms with Crippen LogP contribution in [0.4, 0.5) is 0 Å². The summed E-state index contributed by atoms with van der Waals surface area (Å²) in [5.41, 5.74) is 2.96. The van der Waals surface area contributed by atoms with Crippen molar-refractivity contribution in [1.82, 2.24) is 0 Å². The molecule has 0 saturated heterocycles. The Bertz CT molecular complexity index is 670. The maximum Gasteiger partial charge on any atom is 0.0390 e. The molecule has 98 valence electrons. The minimum atomic E-state index is 0.583. The van der Waals surface area contributed by atoms with E-state index in [9.17, 15) is 0 Å². The van der Waals surface area contributed by atoms with Crippen molar-refractivity contribution in [2.45, 2.75) is 39.5 Å². The topological polar surface area (TPSA) is 0 Å². The van der Waals surface area contributed by atoms with E-state index in [4.69, 9.17) is 0 Å². The first-order valence-electron chi connectivity index (χ1n) is 7.03. The molecule has 2 aromatic carbocycles. The van der Waals surface area contributed by atoms with E-state index in [1.807, 2.05) is 11.3 Å². The van der Waals surface area contributed by atoms with Gasteiger partial charge in [0.05, 0.1) is 0 Å². The average Bonchev–Trinajstić information content (AvgIpc) is 2.76. The van der Waals surface area contributed by atoms with Crippen LogP contribution in [-0.4, -0.2) is 0 Å². The van der Waals surface area contributed by atoms with Gasteiger partial charge in [-0.2, -0.15) is 0 Å². The molecule has 0 nitrogen and oxygen atoms in total. The van der Waals surface area contributed by atoms with Crippen molar-refractivity contribution in [3.63, 3.8) is 0 Å². The van der Waals surface area contributed by atoms with Gasteiger partial charge in [0.15, 0.2) is 0 Å². The Morgan fingerprint density at radius 3 is 1.47 bits per heavy atom. The maximum atomic E-state index is 2.28. The van der Waals surface area contributed by atoms with Gasteiger partial charge in [-0.3, -0.25) is 0 Å². The molecule has 0 atom stereocenters. The second-order valence-corrected chi connectivity index (χ2v) is 6.88. The van der Waals surface area contributed by atoms with Gasteiger partial charge < -0.3 is 0 Å². The van der Waals surface area contributed by atoms with Crippen LogP contribution in [0.25, 0.3) is 20.2 Å². The minimum Gasteiger partial charge on any atom is -0.135 e. The van der Waals surface area contributed by atoms with Gasteiger partial charge in [0.25, 0.3) is 0 Å². The quantitative estimate of drug-likeness (QED) is 0.511. The molecule has 1 heteroatoms. The van der Waals surface area contributed by atoms with Gasteiger partial charge in [-0.15, -0.1) is 11.3 Å². The highest BCUT2D eigenvalue weighted by Crippen LogP contribution is 2.41. The molecule has 3 aromatic rings. The standard InChI is InChI=1S/C18H20S/c1-11(2)13-7-5-9-15-16-10-6-8-14(12(3)4)18(16)19-17(13)15/h5-12H,1-4H3. The fraction of sp³-hybridized carbons (Fsp3) is 0.333. The van der Waals surface area contributed by atoms with E-state index in [1.54, 1.807) is 0 Å². The van der Waals surface area contributed by atoms with E-state index in [-0.39, 0.29) is 0 Å². The number of fused-ring (bicyclic) bond motifs is 3. The highest BCUT2D eigenvalue weighted by Gasteiger charge is 2.13. The molecule has 0 aliphatic heterocycles. The van der Waals surface area contributed by atoms with Gasteiger partial charge in [-0.1, -0.05) is 64.1 Å². The Hall–Kier alpha value is -1.34. The summed E-state index contributed by atoms with van der Waals surface area (Å²) in [5.74, 6) is 1.17. The van der Waals surface area contributed by atoms with E-state index in [2.05, 4.69) is 64.1 Å². The second-order valence-electron chi connectivity index (χ2n) is 5.86. The van der Waals surface area contributed by atoms with Crippen molar-refractivity contribution < 1.29 is 0 Å². The van der Waals surface area contributed by atoms with E-state index >= 15 is 0 Å². The SMILES string of the molecule is CC(C)c1cccc2c1sc1c(C(C)C)cccc12. The van der Waals surface area contributed by atoms with E-state index in [1.165, 1.54) is 31.3 Å². The summed E-state index contributed by atoms with van der Waals surface area (Å²) in [4.78, 5) is 0. The molecule has 0 aliphatic carbocycles. The van der Waals surface area contributed by atoms with Crippen LogP contribution >= 0.6 is 11.3 Å². The molecule has 1 aromatic heterocycles. The molecule has 19 heavy (non-hydrogen) atoms. The summed E-state index contributed by atoms with van der Waals surface area (Å²) in [6.07, 6.45) is 0. The third kappa shape index (κ3) is 1.97. The Morgan fingerprint density at radius 2 is 1.11 bits per heavy atom. The highest BCUT2D eigenvalue weighted by molar-refractivity contribution is 7.26. The Kier molecular flexibility index (Phi) is 3.10. The number of benzene rings is 2. The Labute approximate surface area is 119 Å². The van der Waals surface area contributed by atoms with Crippen molar-refractivity contribution in [2.24, 2.45) is 0 Å². The monoisotopic (exact) mass is 268 g/mol. The predicted molar refractivity (Wildman–Crippen MR) is 87.5 cm³/mol. The van der Waals surface area contributed by atoms with E-state index in [0.29, 0.717) is 11.8 Å². The lowest BCUT2D eigenvalue weighted by molar-refractivity contribution is 0.878. The Balaban J connectivity index is 2.44. The molecule has 3 rings (SSSR count). The molecule has 1 heterocycles. The zero-order chi connectivity index (χ0) is 13.6. The fourth-order valence-electron chi connectivity index (χ4n) is 2.77. The highest BCUT2D eigenvalue weighted by atomic mass is 32.1. The van der Waals surface area contributed by atoms with Crippen LogP contribution in [0.5, 0.6) is 0 Å². The van der Waals surface area contributed by atoms with E-state index in [0.717, 1.165) is 0 Å². The summed E-state index contributed by atoms with van der Waals surface area (Å²) in [6.45, 7) is 9.12. The minimum absolute atomic E-state index is 0.583. The first-order chi connectivity index (χ1) is 9.09. The molecule has 0 radical (unpaired) electrons. The zero-order valence-electron chi connectivity index (χ0n) is 12.0. The van der Waals surface area contributed by atoms with Crippen LogP contribution in [0.3, 0.4) is 0 Å². The lowest BCUT2D eigenvalue weighted by Crippen LogP contribution is -1.86. The molecular formula is C18H20S. The molecule has 0 unspecified atom stereocenters. The van der Waals surface area contributed by atoms with Crippen LogP contribution in [0.1, 0.15) is 50.7 Å². The number of thiophene rings is 1. The fourth-order valence-corrected chi connectivity index (χ4v) is 4.40. The van der Waals surface area contributed by atoms with Crippen molar-refractivity contribution >= 4 is 31.5 Å². The van der Waals surface area contributed by atoms with Crippen molar-refractivity contribution in [2.75, 3.05) is 0 Å². The van der Waals surface area contributed by atoms with Gasteiger partial charge in [-0.25, -0.2) is 0 Å². The van der Waals surface area contributed by atoms with Gasteiger partial charge in [0.2, 0.25) is 0 Å². The summed E-state index contributed by atoms with van der Waals surface area (Å²) in [7, 11) is 0. The van der Waals surface area contributed by atoms with Crippen LogP contribution in [-0.2, 0) is 0 Å². The van der Waals surface area contributed by atoms with Crippen LogP contribution in [0, 0.1) is 0 Å². The summed E-state index contributed by atoms with van der Waals surface area (Å²) in [5, 5.41) is 2.85. The maximum absolute atomic E-state index is 2.28. The lowest BCUT2D eigenvalue weighted by atomic mass is 9.98. The van der Waals surface area contributed by atoms with Crippen LogP contribution < -0.4 is 0 Å². The third-order valence-electron chi connectivity index (χ3n) is 3.83. The van der Waals surface area contributed by atoms with Gasteiger partial charge in [0, 0.05) is 20.2 Å². The van der Waals surface area contributed by atoms with Crippen molar-refractivity contribution in [3.05, 3.63) is 47.5 Å². The molecule has 0 aliphatic rings. The molecule has 0 saturated carbocycles. The normalized spacial score (nSPS) is 12.1. The number of hydrogen-bond acceptors (Lipinski definition) is 1. The van der Waals surface area contributed by atoms with Crippen LogP contribution in [0.2, 0.25) is 0 Å². The van der Waals surface area contributed by atoms with E-state index < -0.39 is 0 Å². The Morgan fingerprint density at radius 1 is 0.684 bits per heavy atom. The molecular weight excluding hydrogens is 248 g/mol. The number of hydrogen-bond donors (Lipinski definition) is 0. The molecule has 0 fully saturated rings. The molecule has 0 bridgehead atoms. The van der Waals surface area contributed by atoms with Crippen molar-refractivity contribution in [3.8, 4) is 0 Å². The number of rotatable bonds is 2. The summed E-state index contributed by atoms with van der Waals surface area (Å²) >= 11 is 1.97. The summed E-state index contributed by atoms with van der Waals surface area (Å²) < 4.78 is 2.95. The van der Waals surface area contributed by atoms with Crippen molar-refractivity contribution in [1.29, 1.82) is 0 Å². The summed E-state index contributed by atoms with van der Waals surface area (Å²) in [6, 6.07) is 13.5. The molecule has 0 spiro atoms. The average molecular weight is 268 g/mol. The smallest absolute Gasteiger partial charge is 0.0390 e. The molecule has 0 N–H and O–H groups in total. The third-order valence-corrected chi connectivity index (χ3v) is 5.15. The molecule has 0 amide bonds.